The molecule has 8 bridgehead atoms. The number of fused-ring (bicyclic) bond motifs is 8. The Morgan fingerprint density at radius 1 is 1.00 bits per heavy atom. The molecule has 2 aliphatic heterocycles. The Labute approximate surface area is 341 Å². The molecule has 2 unspecified atom stereocenters. The first-order valence-electron chi connectivity index (χ1n) is 19.5. The van der Waals surface area contributed by atoms with E-state index in [-0.39, 0.29) is 40.6 Å². The molecule has 1 aliphatic carbocycles. The van der Waals surface area contributed by atoms with Crippen molar-refractivity contribution in [2.24, 2.45) is 23.7 Å². The van der Waals surface area contributed by atoms with Crippen LogP contribution in [0.4, 0.5) is 0 Å². The minimum Gasteiger partial charge on any atom is -0.681 e. The number of aliphatic hydroxyl groups is 2. The average Bonchev–Trinajstić information content (AvgIpc) is 3.87. The van der Waals surface area contributed by atoms with E-state index in [0.717, 1.165) is 74.9 Å². The normalized spacial score (nSPS) is 23.0. The molecule has 5 heterocycles. The van der Waals surface area contributed by atoms with E-state index in [9.17, 15) is 15.0 Å². The van der Waals surface area contributed by atoms with E-state index in [1.165, 1.54) is 19.1 Å². The summed E-state index contributed by atoms with van der Waals surface area (Å²) in [6.07, 6.45) is 14.0. The van der Waals surface area contributed by atoms with Crippen molar-refractivity contribution in [1.29, 1.82) is 0 Å². The van der Waals surface area contributed by atoms with Crippen LogP contribution in [-0.2, 0) is 20.7 Å². The van der Waals surface area contributed by atoms with E-state index >= 15 is 0 Å². The number of ether oxygens (including phenoxy) is 2. The van der Waals surface area contributed by atoms with Gasteiger partial charge in [0.15, 0.2) is 6.29 Å². The van der Waals surface area contributed by atoms with Crippen molar-refractivity contribution < 1.29 is 24.5 Å². The second-order valence-electron chi connectivity index (χ2n) is 15.7. The Morgan fingerprint density at radius 3 is 2.38 bits per heavy atom. The van der Waals surface area contributed by atoms with Gasteiger partial charge in [-0.3, -0.25) is 4.79 Å². The molecule has 290 valence electrons. The molecular weight excluding hydrogens is 701 g/mol. The molecule has 1 fully saturated rings. The first-order chi connectivity index (χ1) is 25.8. The molecule has 0 spiro atoms. The summed E-state index contributed by atoms with van der Waals surface area (Å²) < 4.78 is 11.2. The number of rotatable bonds is 13. The minimum atomic E-state index is -1.05. The molecule has 3 aromatic heterocycles. The molecule has 0 amide bonds. The molecule has 5 atom stereocenters. The summed E-state index contributed by atoms with van der Waals surface area (Å²) in [7, 11) is 1.34. The monoisotopic (exact) mass is 756 g/mol. The maximum absolute atomic E-state index is 13.5. The molecule has 3 aliphatic rings. The maximum Gasteiger partial charge on any atom is 2.00 e. The number of carbonyl (C=O) groups is 1. The van der Waals surface area contributed by atoms with Crippen molar-refractivity contribution in [3.63, 3.8) is 0 Å². The minimum absolute atomic E-state index is 0. The molecule has 0 aromatic carbocycles. The van der Waals surface area contributed by atoms with Gasteiger partial charge in [0.2, 0.25) is 0 Å². The van der Waals surface area contributed by atoms with Crippen molar-refractivity contribution in [3.05, 3.63) is 95.4 Å². The van der Waals surface area contributed by atoms with Gasteiger partial charge in [-0.05, 0) is 83.1 Å². The van der Waals surface area contributed by atoms with Gasteiger partial charge in [0.1, 0.15) is 11.7 Å². The number of carbonyl (C=O) groups excluding carboxylic acids is 1. The molecule has 2 N–H and O–H groups in total. The summed E-state index contributed by atoms with van der Waals surface area (Å²) in [4.78, 5) is 28.8. The van der Waals surface area contributed by atoms with Crippen LogP contribution < -0.4 is 36.2 Å². The predicted molar refractivity (Wildman–Crippen MR) is 221 cm³/mol. The van der Waals surface area contributed by atoms with Crippen molar-refractivity contribution in [1.82, 2.24) is 15.0 Å². The number of hydrogen-bond acceptors (Lipinski definition) is 5. The van der Waals surface area contributed by atoms with Crippen molar-refractivity contribution in [2.45, 2.75) is 106 Å². The molecular formula is C45H56MgN4O5-2. The summed E-state index contributed by atoms with van der Waals surface area (Å²) in [5, 5.41) is 31.0. The third-order valence-corrected chi connectivity index (χ3v) is 11.8. The van der Waals surface area contributed by atoms with E-state index in [1.54, 1.807) is 0 Å². The summed E-state index contributed by atoms with van der Waals surface area (Å²) in [5.74, 6) is -1.22. The number of allylic oxidation sites excluding steroid dienone is 2. The zero-order valence-corrected chi connectivity index (χ0v) is 35.5. The van der Waals surface area contributed by atoms with Crippen LogP contribution in [0.1, 0.15) is 112 Å². The third kappa shape index (κ3) is 8.24. The molecule has 55 heavy (non-hydrogen) atoms. The Balaban J connectivity index is 0.00000580. The fourth-order valence-electron chi connectivity index (χ4n) is 8.52. The topological polar surface area (TPSA) is 132 Å². The molecule has 0 radical (unpaired) electrons. The maximum atomic E-state index is 13.5. The Bertz CT molecular complexity index is 2250. The number of aliphatic hydroxyl groups excluding tert-OH is 2. The number of aromatic nitrogens is 3. The van der Waals surface area contributed by atoms with Crippen LogP contribution in [0.25, 0.3) is 41.0 Å². The fraction of sp³-hybridized carbons (Fsp3) is 0.489. The van der Waals surface area contributed by atoms with Gasteiger partial charge in [-0.25, -0.2) is 0 Å². The number of hydrogen-bond donors (Lipinski definition) is 2. The summed E-state index contributed by atoms with van der Waals surface area (Å²) >= 11 is 0. The van der Waals surface area contributed by atoms with Gasteiger partial charge < -0.3 is 40.0 Å². The molecule has 9 nitrogen and oxygen atoms in total. The first kappa shape index (κ1) is 42.4. The molecule has 0 saturated carbocycles. The SMILES string of the molecule is C=Cc1c2[n-]c(c1C)/C=C1\[N-]C(C3=c4[n-]c(c(C)c4=C(O)[C@@H]3C(=O)OC)/C=c3\[n-]/c(c(C)c3CC)=C\2)[C@@H](CCC(O)OC/C=C(\C)CCCC(C)C)[C@@H]1C.[Mg+2]. The van der Waals surface area contributed by atoms with Gasteiger partial charge in [-0.15, -0.1) is 33.1 Å². The van der Waals surface area contributed by atoms with Crippen LogP contribution in [-0.4, -0.2) is 65.3 Å². The van der Waals surface area contributed by atoms with Crippen LogP contribution in [0.2, 0.25) is 0 Å². The zero-order chi connectivity index (χ0) is 39.0. The van der Waals surface area contributed by atoms with Gasteiger partial charge in [-0.2, -0.15) is 5.70 Å². The third-order valence-electron chi connectivity index (χ3n) is 11.8. The van der Waals surface area contributed by atoms with Gasteiger partial charge in [0.25, 0.3) is 0 Å². The van der Waals surface area contributed by atoms with E-state index in [1.807, 2.05) is 38.2 Å². The van der Waals surface area contributed by atoms with E-state index in [4.69, 9.17) is 29.7 Å². The molecule has 6 rings (SSSR count). The smallest absolute Gasteiger partial charge is 0.681 e. The van der Waals surface area contributed by atoms with Crippen LogP contribution in [0, 0.1) is 44.4 Å². The Kier molecular flexibility index (Phi) is 13.6. The van der Waals surface area contributed by atoms with Gasteiger partial charge in [-0.1, -0.05) is 111 Å². The van der Waals surface area contributed by atoms with Crippen molar-refractivity contribution >= 4 is 64.7 Å². The second kappa shape index (κ2) is 17.6. The summed E-state index contributed by atoms with van der Waals surface area (Å²) in [5.41, 5.74) is 9.88. The number of nitrogens with zero attached hydrogens (tertiary/aromatic N) is 4. The van der Waals surface area contributed by atoms with E-state index < -0.39 is 24.2 Å². The van der Waals surface area contributed by atoms with Gasteiger partial charge >= 0.3 is 29.0 Å². The predicted octanol–water partition coefficient (Wildman–Crippen LogP) is 4.84. The van der Waals surface area contributed by atoms with Crippen LogP contribution in [0.15, 0.2) is 23.9 Å². The molecule has 1 saturated heterocycles. The van der Waals surface area contributed by atoms with Crippen LogP contribution >= 0.6 is 0 Å². The van der Waals surface area contributed by atoms with Crippen LogP contribution in [0.3, 0.4) is 0 Å². The second-order valence-corrected chi connectivity index (χ2v) is 15.7. The van der Waals surface area contributed by atoms with Crippen LogP contribution in [0.5, 0.6) is 0 Å². The molecule has 3 aromatic rings. The van der Waals surface area contributed by atoms with Gasteiger partial charge in [0, 0.05) is 5.22 Å². The quantitative estimate of drug-likeness (QED) is 0.110. The van der Waals surface area contributed by atoms with E-state index in [2.05, 4.69) is 54.2 Å². The largest absolute Gasteiger partial charge is 2.00 e. The first-order valence-corrected chi connectivity index (χ1v) is 19.5. The molecule has 10 heteroatoms. The summed E-state index contributed by atoms with van der Waals surface area (Å²) in [6.45, 7) is 21.3. The Morgan fingerprint density at radius 2 is 1.71 bits per heavy atom. The Hall–Kier alpha value is -3.70. The van der Waals surface area contributed by atoms with E-state index in [0.29, 0.717) is 47.2 Å². The van der Waals surface area contributed by atoms with Crippen molar-refractivity contribution in [2.75, 3.05) is 13.7 Å². The standard InChI is InChI=1S/C45H56N4O5.Mg/c1-11-29-25(6)32-20-34-27(8)31(16-17-38(50)54-19-18-24(5)15-13-14-23(3)4)42(48-34)40-41(45(52)53-10)44(51)39-28(9)35(49-43(39)40)22-37-30(12-2)26(7)33(47-37)21-36(29)46-32;/h11,18,20-23,27,31,38,41-42,50-51H,1,12-17,19H2,2-10H3;/q-4;+2/b24-18+,33-21-,34-20-,37-22-;/t27-,31-,38?,41+,42?;/m0./s1. The number of esters is 1. The summed E-state index contributed by atoms with van der Waals surface area (Å²) in [6, 6.07) is -0.527. The number of methoxy groups -OCH3 is 1. The fourth-order valence-corrected chi connectivity index (χ4v) is 8.52. The van der Waals surface area contributed by atoms with Crippen molar-refractivity contribution in [3.8, 4) is 0 Å². The average molecular weight is 757 g/mol. The van der Waals surface area contributed by atoms with Gasteiger partial charge in [0.05, 0.1) is 13.7 Å². The zero-order valence-electron chi connectivity index (χ0n) is 34.1.